The molecule has 5 heteroatoms. The van der Waals surface area contributed by atoms with Crippen molar-refractivity contribution in [3.63, 3.8) is 0 Å². The summed E-state index contributed by atoms with van der Waals surface area (Å²) in [5.74, 6) is -0.519. The number of aryl methyl sites for hydroxylation is 1. The minimum Gasteiger partial charge on any atom is -0.326 e. The summed E-state index contributed by atoms with van der Waals surface area (Å²) in [4.78, 5) is 13.2. The van der Waals surface area contributed by atoms with Crippen molar-refractivity contribution < 1.29 is 13.6 Å². The molecule has 2 aliphatic carbocycles. The van der Waals surface area contributed by atoms with Crippen LogP contribution in [-0.2, 0) is 17.6 Å². The Morgan fingerprint density at radius 1 is 1.14 bits per heavy atom. The van der Waals surface area contributed by atoms with Gasteiger partial charge in [0, 0.05) is 36.7 Å². The summed E-state index contributed by atoms with van der Waals surface area (Å²) in [6.07, 6.45) is 11.0. The maximum atomic E-state index is 14.4. The monoisotopic (exact) mass is 486 g/mol. The van der Waals surface area contributed by atoms with Crippen LogP contribution in [0.5, 0.6) is 0 Å². The minimum absolute atomic E-state index is 0.0378. The highest BCUT2D eigenvalue weighted by Gasteiger charge is 2.31. The lowest BCUT2D eigenvalue weighted by Gasteiger charge is -2.31. The fourth-order valence-corrected chi connectivity index (χ4v) is 5.37. The van der Waals surface area contributed by atoms with Gasteiger partial charge in [-0.15, -0.1) is 0 Å². The molecular formula is C30H44F2N2O. The maximum absolute atomic E-state index is 14.4. The van der Waals surface area contributed by atoms with Crippen molar-refractivity contribution in [2.45, 2.75) is 80.1 Å². The first-order valence-electron chi connectivity index (χ1n) is 13.3. The number of benzene rings is 1. The van der Waals surface area contributed by atoms with Gasteiger partial charge >= 0.3 is 0 Å². The lowest BCUT2D eigenvalue weighted by atomic mass is 9.78. The molecule has 0 spiro atoms. The Labute approximate surface area is 210 Å². The van der Waals surface area contributed by atoms with Gasteiger partial charge in [-0.05, 0) is 72.1 Å². The number of halogens is 2. The van der Waals surface area contributed by atoms with Crippen molar-refractivity contribution in [1.29, 1.82) is 0 Å². The van der Waals surface area contributed by atoms with Crippen LogP contribution in [0.4, 0.5) is 8.78 Å². The summed E-state index contributed by atoms with van der Waals surface area (Å²) in [7, 11) is 0. The zero-order chi connectivity index (χ0) is 25.8. The van der Waals surface area contributed by atoms with Crippen LogP contribution in [0.2, 0.25) is 0 Å². The first kappa shape index (κ1) is 27.6. The molecule has 0 saturated heterocycles. The number of carbonyl (C=O) groups is 1. The third-order valence-corrected chi connectivity index (χ3v) is 7.44. The van der Waals surface area contributed by atoms with E-state index in [1.54, 1.807) is 0 Å². The third-order valence-electron chi connectivity index (χ3n) is 7.44. The number of hydrogen-bond acceptors (Lipinski definition) is 2. The topological polar surface area (TPSA) is 41.1 Å². The highest BCUT2D eigenvalue weighted by Crippen LogP contribution is 2.35. The molecule has 2 N–H and O–H groups in total. The molecule has 0 aromatic heterocycles. The molecule has 0 radical (unpaired) electrons. The largest absolute Gasteiger partial charge is 0.326 e. The number of carbonyl (C=O) groups excluding carboxylic acids is 1. The van der Waals surface area contributed by atoms with Crippen molar-refractivity contribution in [3.05, 3.63) is 58.8 Å². The molecule has 1 amide bonds. The molecule has 0 heterocycles. The Bertz CT molecular complexity index is 958. The van der Waals surface area contributed by atoms with E-state index in [0.29, 0.717) is 18.4 Å². The molecule has 2 unspecified atom stereocenters. The van der Waals surface area contributed by atoms with Gasteiger partial charge < -0.3 is 10.6 Å². The zero-order valence-corrected chi connectivity index (χ0v) is 22.4. The minimum atomic E-state index is -0.507. The molecule has 0 bridgehead atoms. The molecule has 0 aliphatic heterocycles. The highest BCUT2D eigenvalue weighted by molar-refractivity contribution is 5.81. The Hall–Kier alpha value is -2.01. The van der Waals surface area contributed by atoms with Crippen molar-refractivity contribution in [3.8, 4) is 0 Å². The number of nitrogens with one attached hydrogen (secondary N) is 2. The van der Waals surface area contributed by atoms with Gasteiger partial charge in [0.1, 0.15) is 11.6 Å². The number of amides is 1. The van der Waals surface area contributed by atoms with Crippen LogP contribution in [0.3, 0.4) is 0 Å². The standard InChI is InChI=1S/C30H44F2N2O/c1-7-8-22(13-20-9-10-21-15-24(31)17-27(32)26(21)14-20)28(35)34-25-12-11-23(16-25)30(5,6)19-33-18-29(2,3)4/h11-12,15-17,20,22-23,33H,7-10,13-14,18-19H2,1-6H3,(H,34,35)/t20?,22-,23?/m1/s1. The van der Waals surface area contributed by atoms with E-state index in [1.165, 1.54) is 6.07 Å². The van der Waals surface area contributed by atoms with Crippen molar-refractivity contribution in [2.75, 3.05) is 13.1 Å². The van der Waals surface area contributed by atoms with E-state index in [0.717, 1.165) is 56.1 Å². The van der Waals surface area contributed by atoms with Crippen LogP contribution in [0, 0.1) is 40.2 Å². The molecule has 3 rings (SSSR count). The van der Waals surface area contributed by atoms with Gasteiger partial charge in [-0.25, -0.2) is 8.78 Å². The number of hydrogen-bond donors (Lipinski definition) is 2. The number of rotatable bonds is 10. The Morgan fingerprint density at radius 2 is 1.89 bits per heavy atom. The Kier molecular flexibility index (Phi) is 8.96. The molecule has 1 aromatic carbocycles. The summed E-state index contributed by atoms with van der Waals surface area (Å²) in [6, 6.07) is 2.44. The molecular weight excluding hydrogens is 442 g/mol. The summed E-state index contributed by atoms with van der Waals surface area (Å²) in [5.41, 5.74) is 2.57. The summed E-state index contributed by atoms with van der Waals surface area (Å²) in [6.45, 7) is 15.1. The van der Waals surface area contributed by atoms with Crippen LogP contribution in [0.15, 0.2) is 36.1 Å². The van der Waals surface area contributed by atoms with E-state index in [1.807, 2.05) is 6.08 Å². The predicted molar refractivity (Wildman–Crippen MR) is 140 cm³/mol. The van der Waals surface area contributed by atoms with Crippen LogP contribution < -0.4 is 10.6 Å². The second kappa shape index (κ2) is 11.4. The molecule has 3 atom stereocenters. The van der Waals surface area contributed by atoms with E-state index in [9.17, 15) is 13.6 Å². The molecule has 1 aromatic rings. The first-order chi connectivity index (χ1) is 16.4. The highest BCUT2D eigenvalue weighted by atomic mass is 19.1. The average Bonchev–Trinajstić information content (AvgIpc) is 3.22. The van der Waals surface area contributed by atoms with E-state index in [4.69, 9.17) is 0 Å². The van der Waals surface area contributed by atoms with Gasteiger partial charge in [0.05, 0.1) is 0 Å². The normalized spacial score (nSPS) is 21.0. The smallest absolute Gasteiger partial charge is 0.227 e. The third kappa shape index (κ3) is 7.73. The van der Waals surface area contributed by atoms with Crippen LogP contribution in [0.1, 0.15) is 78.4 Å². The van der Waals surface area contributed by atoms with Crippen LogP contribution >= 0.6 is 0 Å². The quantitative estimate of drug-likeness (QED) is 0.385. The van der Waals surface area contributed by atoms with Gasteiger partial charge in [0.25, 0.3) is 0 Å². The fourth-order valence-electron chi connectivity index (χ4n) is 5.37. The van der Waals surface area contributed by atoms with Gasteiger partial charge in [-0.3, -0.25) is 4.79 Å². The van der Waals surface area contributed by atoms with Crippen molar-refractivity contribution in [2.24, 2.45) is 28.6 Å². The van der Waals surface area contributed by atoms with Gasteiger partial charge in [0.15, 0.2) is 0 Å². The Morgan fingerprint density at radius 3 is 2.57 bits per heavy atom. The maximum Gasteiger partial charge on any atom is 0.227 e. The Balaban J connectivity index is 1.58. The second-order valence-corrected chi connectivity index (χ2v) is 12.5. The first-order valence-corrected chi connectivity index (χ1v) is 13.3. The van der Waals surface area contributed by atoms with Gasteiger partial charge in [-0.1, -0.05) is 60.1 Å². The SMILES string of the molecule is CCC[C@H](CC1CCc2cc(F)cc(F)c2C1)C(=O)NC1=CC(C(C)(C)CNCC(C)(C)C)C=C1. The second-order valence-electron chi connectivity index (χ2n) is 12.5. The molecule has 0 fully saturated rings. The summed E-state index contributed by atoms with van der Waals surface area (Å²) < 4.78 is 27.9. The molecule has 3 nitrogen and oxygen atoms in total. The molecule has 0 saturated carbocycles. The van der Waals surface area contributed by atoms with Crippen molar-refractivity contribution in [1.82, 2.24) is 10.6 Å². The van der Waals surface area contributed by atoms with E-state index in [2.05, 4.69) is 64.3 Å². The van der Waals surface area contributed by atoms with Gasteiger partial charge in [-0.2, -0.15) is 0 Å². The van der Waals surface area contributed by atoms with Gasteiger partial charge in [0.2, 0.25) is 5.91 Å². The summed E-state index contributed by atoms with van der Waals surface area (Å²) in [5, 5.41) is 6.76. The van der Waals surface area contributed by atoms with Crippen LogP contribution in [0.25, 0.3) is 0 Å². The molecule has 35 heavy (non-hydrogen) atoms. The van der Waals surface area contributed by atoms with Crippen LogP contribution in [-0.4, -0.2) is 19.0 Å². The number of fused-ring (bicyclic) bond motifs is 1. The van der Waals surface area contributed by atoms with E-state index in [-0.39, 0.29) is 34.5 Å². The van der Waals surface area contributed by atoms with Crippen molar-refractivity contribution >= 4 is 5.91 Å². The number of allylic oxidation sites excluding steroid dienone is 3. The predicted octanol–water partition coefficient (Wildman–Crippen LogP) is 6.72. The van der Waals surface area contributed by atoms with E-state index >= 15 is 0 Å². The lowest BCUT2D eigenvalue weighted by molar-refractivity contribution is -0.125. The lowest BCUT2D eigenvalue weighted by Crippen LogP contribution is -2.38. The molecule has 2 aliphatic rings. The molecule has 194 valence electrons. The average molecular weight is 487 g/mol. The summed E-state index contributed by atoms with van der Waals surface area (Å²) >= 11 is 0. The fraction of sp³-hybridized carbons (Fsp3) is 0.633. The van der Waals surface area contributed by atoms with E-state index < -0.39 is 11.6 Å². The zero-order valence-electron chi connectivity index (χ0n) is 22.4.